The van der Waals surface area contributed by atoms with E-state index in [1.54, 1.807) is 16.7 Å². The fourth-order valence-electron chi connectivity index (χ4n) is 5.95. The second kappa shape index (κ2) is 10.7. The molecule has 1 unspecified atom stereocenters. The molecular weight excluding hydrogens is 575 g/mol. The van der Waals surface area contributed by atoms with E-state index in [1.165, 1.54) is 27.8 Å². The summed E-state index contributed by atoms with van der Waals surface area (Å²) < 4.78 is 1.38. The van der Waals surface area contributed by atoms with Crippen LogP contribution in [-0.2, 0) is 31.7 Å². The number of rotatable bonds is 3. The van der Waals surface area contributed by atoms with Crippen molar-refractivity contribution in [3.63, 3.8) is 0 Å². The summed E-state index contributed by atoms with van der Waals surface area (Å²) in [4.78, 5) is 0. The maximum absolute atomic E-state index is 2.65. The van der Waals surface area contributed by atoms with Crippen LogP contribution in [0.3, 0.4) is 0 Å². The maximum Gasteiger partial charge on any atom is -1.00 e. The monoisotopic (exact) mass is 611 g/mol. The van der Waals surface area contributed by atoms with E-state index in [0.717, 1.165) is 0 Å². The van der Waals surface area contributed by atoms with Crippen molar-refractivity contribution in [2.45, 2.75) is 72.7 Å². The fourth-order valence-corrected chi connectivity index (χ4v) is 27.6. The van der Waals surface area contributed by atoms with Crippen LogP contribution in [-0.4, -0.2) is 5.92 Å². The van der Waals surface area contributed by atoms with E-state index in [0.29, 0.717) is 7.25 Å². The van der Waals surface area contributed by atoms with E-state index < -0.39 is 26.8 Å². The Morgan fingerprint density at radius 1 is 0.667 bits per heavy atom. The van der Waals surface area contributed by atoms with Crippen molar-refractivity contribution in [2.24, 2.45) is 0 Å². The number of fused-ring (bicyclic) bond motifs is 4. The normalized spacial score (nSPS) is 16.2. The van der Waals surface area contributed by atoms with Gasteiger partial charge in [0, 0.05) is 0 Å². The van der Waals surface area contributed by atoms with Crippen molar-refractivity contribution in [3.8, 4) is 11.1 Å². The Labute approximate surface area is 240 Å². The minimum atomic E-state index is -1.95. The summed E-state index contributed by atoms with van der Waals surface area (Å²) >= 11 is -1.95. The van der Waals surface area contributed by atoms with Gasteiger partial charge in [-0.2, -0.15) is 0 Å². The third-order valence-electron chi connectivity index (χ3n) is 7.91. The van der Waals surface area contributed by atoms with Gasteiger partial charge < -0.3 is 24.8 Å². The zero-order valence-electron chi connectivity index (χ0n) is 22.9. The maximum atomic E-state index is 2.65. The SMILES string of the molecule is C[SiH](C)[Zr+2]([CH]1C=Cc2ccccc21)[CH]1c2ccc(C(C)(C)C)cc2-c2cc(C(C)(C)C)ccc21.[Cl-].[Cl-]. The van der Waals surface area contributed by atoms with Crippen molar-refractivity contribution >= 4 is 12.0 Å². The summed E-state index contributed by atoms with van der Waals surface area (Å²) in [6, 6.07) is 24.2. The predicted octanol–water partition coefficient (Wildman–Crippen LogP) is 2.73. The molecule has 0 saturated heterocycles. The van der Waals surface area contributed by atoms with E-state index in [2.05, 4.69) is 127 Å². The van der Waals surface area contributed by atoms with E-state index in [4.69, 9.17) is 0 Å². The molecular formula is C32H39Cl2SiZr. The Bertz CT molecular complexity index is 1220. The van der Waals surface area contributed by atoms with Gasteiger partial charge in [-0.05, 0) is 0 Å². The van der Waals surface area contributed by atoms with Crippen LogP contribution in [0, 0.1) is 0 Å². The Hall–Kier alpha value is -0.920. The van der Waals surface area contributed by atoms with Crippen LogP contribution >= 0.6 is 0 Å². The average molecular weight is 614 g/mol. The molecule has 1 atom stereocenters. The van der Waals surface area contributed by atoms with Gasteiger partial charge in [0.2, 0.25) is 0 Å². The number of hydrogen-bond acceptors (Lipinski definition) is 0. The minimum Gasteiger partial charge on any atom is -1.00 e. The summed E-state index contributed by atoms with van der Waals surface area (Å²) in [6.07, 6.45) is 5.01. The largest absolute Gasteiger partial charge is 1.00 e. The molecule has 0 heterocycles. The van der Waals surface area contributed by atoms with E-state index in [-0.39, 0.29) is 35.6 Å². The first-order valence-corrected chi connectivity index (χ1v) is 22.9. The Balaban J connectivity index is 0.00000180. The van der Waals surface area contributed by atoms with Gasteiger partial charge in [0.25, 0.3) is 0 Å². The molecule has 36 heavy (non-hydrogen) atoms. The van der Waals surface area contributed by atoms with Gasteiger partial charge in [0.1, 0.15) is 0 Å². The van der Waals surface area contributed by atoms with E-state index in [1.807, 2.05) is 0 Å². The standard InChI is InChI=1S/C21H25.C9H7.C2H7Si.2ClH.Zr/c1-20(2,3)16-9-7-14-11-15-8-10-17(21(4,5)6)13-19(15)18(14)12-16;1-2-5-9-7-3-6-8(9)4-1;1-3-2;;;/h7-13H,1-6H3;1-7H;3H,1-2H3;2*1H;/q;;;;;+2/p-2. The first-order valence-electron chi connectivity index (χ1n) is 12.9. The predicted molar refractivity (Wildman–Crippen MR) is 148 cm³/mol. The molecule has 189 valence electrons. The van der Waals surface area contributed by atoms with Gasteiger partial charge >= 0.3 is 217 Å². The van der Waals surface area contributed by atoms with Crippen LogP contribution in [0.1, 0.15) is 82.2 Å². The Morgan fingerprint density at radius 2 is 1.17 bits per heavy atom. The van der Waals surface area contributed by atoms with Gasteiger partial charge in [0.05, 0.1) is 0 Å². The number of hydrogen-bond donors (Lipinski definition) is 0. The number of halogens is 2. The van der Waals surface area contributed by atoms with E-state index >= 15 is 0 Å². The Morgan fingerprint density at radius 3 is 1.64 bits per heavy atom. The Kier molecular flexibility index (Phi) is 8.79. The summed E-state index contributed by atoms with van der Waals surface area (Å²) in [5, 5.41) is 0. The fraction of sp³-hybridized carbons (Fsp3) is 0.375. The van der Waals surface area contributed by atoms with Crippen LogP contribution in [0.5, 0.6) is 0 Å². The van der Waals surface area contributed by atoms with Gasteiger partial charge in [-0.15, -0.1) is 0 Å². The van der Waals surface area contributed by atoms with Gasteiger partial charge in [-0.1, -0.05) is 0 Å². The first kappa shape index (κ1) is 29.6. The summed E-state index contributed by atoms with van der Waals surface area (Å²) in [7, 11) is 0. The summed E-state index contributed by atoms with van der Waals surface area (Å²) in [5.41, 5.74) is 12.7. The molecule has 2 aliphatic carbocycles. The number of allylic oxidation sites excluding steroid dienone is 1. The van der Waals surface area contributed by atoms with Gasteiger partial charge in [-0.3, -0.25) is 0 Å². The molecule has 3 aromatic rings. The van der Waals surface area contributed by atoms with Crippen molar-refractivity contribution in [1.82, 2.24) is 0 Å². The first-order chi connectivity index (χ1) is 16.0. The molecule has 0 fully saturated rings. The van der Waals surface area contributed by atoms with Crippen LogP contribution in [0.15, 0.2) is 66.7 Å². The second-order valence-corrected chi connectivity index (χ2v) is 32.8. The van der Waals surface area contributed by atoms with Crippen molar-refractivity contribution in [2.75, 3.05) is 0 Å². The van der Waals surface area contributed by atoms with Crippen molar-refractivity contribution in [1.29, 1.82) is 0 Å². The van der Waals surface area contributed by atoms with Crippen LogP contribution < -0.4 is 24.8 Å². The van der Waals surface area contributed by atoms with Crippen molar-refractivity contribution < 1.29 is 45.7 Å². The molecule has 0 spiro atoms. The number of benzene rings is 3. The molecule has 4 heteroatoms. The van der Waals surface area contributed by atoms with Gasteiger partial charge in [-0.25, -0.2) is 0 Å². The topological polar surface area (TPSA) is 0 Å². The molecule has 0 aromatic heterocycles. The minimum absolute atomic E-state index is 0. The van der Waals surface area contributed by atoms with Crippen LogP contribution in [0.2, 0.25) is 13.1 Å². The molecule has 0 amide bonds. The zero-order valence-corrected chi connectivity index (χ0v) is 28.0. The molecule has 0 N–H and O–H groups in total. The molecule has 0 aliphatic heterocycles. The molecule has 2 aliphatic rings. The second-order valence-electron chi connectivity index (χ2n) is 12.7. The van der Waals surface area contributed by atoms with Gasteiger partial charge in [0.15, 0.2) is 0 Å². The van der Waals surface area contributed by atoms with Crippen molar-refractivity contribution in [3.05, 3.63) is 100 Å². The molecule has 0 radical (unpaired) electrons. The molecule has 5 rings (SSSR count). The molecule has 3 aromatic carbocycles. The van der Waals surface area contributed by atoms with Crippen LogP contribution in [0.25, 0.3) is 17.2 Å². The van der Waals surface area contributed by atoms with Crippen LogP contribution in [0.4, 0.5) is 0 Å². The zero-order chi connectivity index (χ0) is 24.4. The third kappa shape index (κ3) is 5.18. The smallest absolute Gasteiger partial charge is 1.00 e. The molecule has 0 bridgehead atoms. The quantitative estimate of drug-likeness (QED) is 0.399. The molecule has 0 saturated carbocycles. The van der Waals surface area contributed by atoms with E-state index in [9.17, 15) is 0 Å². The molecule has 0 nitrogen and oxygen atoms in total. The summed E-state index contributed by atoms with van der Waals surface area (Å²) in [6.45, 7) is 19.4. The average Bonchev–Trinajstić information content (AvgIpc) is 3.32. The third-order valence-corrected chi connectivity index (χ3v) is 29.3. The summed E-state index contributed by atoms with van der Waals surface area (Å²) in [5.74, 6) is -0.815.